The molecule has 0 bridgehead atoms. The van der Waals surface area contributed by atoms with Gasteiger partial charge in [-0.15, -0.1) is 0 Å². The van der Waals surface area contributed by atoms with Crippen molar-refractivity contribution < 1.29 is 42.6 Å². The van der Waals surface area contributed by atoms with Crippen LogP contribution in [0, 0.1) is 23.4 Å². The fourth-order valence-corrected chi connectivity index (χ4v) is 3.27. The third-order valence-electron chi connectivity index (χ3n) is 5.12. The second kappa shape index (κ2) is 12.6. The highest BCUT2D eigenvalue weighted by Gasteiger charge is 2.26. The summed E-state index contributed by atoms with van der Waals surface area (Å²) in [6, 6.07) is 5.32. The van der Waals surface area contributed by atoms with Crippen LogP contribution in [0.1, 0.15) is 46.5 Å². The molecule has 1 aromatic heterocycles. The van der Waals surface area contributed by atoms with E-state index in [1.807, 2.05) is 7.05 Å². The zero-order valence-corrected chi connectivity index (χ0v) is 18.8. The number of rotatable bonds is 7. The summed E-state index contributed by atoms with van der Waals surface area (Å²) in [5, 5.41) is 18.0. The van der Waals surface area contributed by atoms with Crippen molar-refractivity contribution >= 4 is 29.4 Å². The highest BCUT2D eigenvalue weighted by atomic mass is 19.1. The van der Waals surface area contributed by atoms with Gasteiger partial charge in [0.15, 0.2) is 5.78 Å². The number of aliphatic carboxylic acids is 2. The normalized spacial score (nSPS) is 13.9. The summed E-state index contributed by atoms with van der Waals surface area (Å²) in [4.78, 5) is 50.3. The molecule has 35 heavy (non-hydrogen) atoms. The first kappa shape index (κ1) is 27.4. The Labute approximate surface area is 198 Å². The Bertz CT molecular complexity index is 1070. The van der Waals surface area contributed by atoms with Gasteiger partial charge >= 0.3 is 11.9 Å². The van der Waals surface area contributed by atoms with Crippen molar-refractivity contribution in [3.05, 3.63) is 59.0 Å². The molecule has 12 heteroatoms. The summed E-state index contributed by atoms with van der Waals surface area (Å²) in [7, 11) is 1.99. The van der Waals surface area contributed by atoms with Crippen molar-refractivity contribution in [2.75, 3.05) is 25.5 Å². The van der Waals surface area contributed by atoms with Gasteiger partial charge in [0.1, 0.15) is 34.5 Å². The van der Waals surface area contributed by atoms with E-state index >= 15 is 0 Å². The third-order valence-corrected chi connectivity index (χ3v) is 5.12. The predicted octanol–water partition coefficient (Wildman–Crippen LogP) is 3.21. The van der Waals surface area contributed by atoms with E-state index in [0.29, 0.717) is 12.1 Å². The fourth-order valence-electron chi connectivity index (χ4n) is 3.27. The third kappa shape index (κ3) is 8.49. The zero-order valence-electron chi connectivity index (χ0n) is 18.8. The maximum atomic E-state index is 13.7. The number of piperidine rings is 1. The van der Waals surface area contributed by atoms with Crippen molar-refractivity contribution in [2.45, 2.75) is 25.7 Å². The number of carbonyl (C=O) groups excluding carboxylic acids is 2. The largest absolute Gasteiger partial charge is 0.481 e. The van der Waals surface area contributed by atoms with Crippen molar-refractivity contribution in [1.82, 2.24) is 9.88 Å². The molecule has 2 heterocycles. The molecule has 1 amide bonds. The van der Waals surface area contributed by atoms with Crippen molar-refractivity contribution in [3.8, 4) is 0 Å². The maximum Gasteiger partial charge on any atom is 0.303 e. The molecule has 3 rings (SSSR count). The Morgan fingerprint density at radius 3 is 2.06 bits per heavy atom. The molecule has 0 spiro atoms. The van der Waals surface area contributed by atoms with Gasteiger partial charge in [-0.25, -0.2) is 18.2 Å². The van der Waals surface area contributed by atoms with Crippen molar-refractivity contribution in [3.63, 3.8) is 0 Å². The predicted molar refractivity (Wildman–Crippen MR) is 118 cm³/mol. The first-order valence-electron chi connectivity index (χ1n) is 10.6. The molecule has 2 aromatic rings. The first-order valence-corrected chi connectivity index (χ1v) is 10.6. The number of hydrogen-bond donors (Lipinski definition) is 3. The van der Waals surface area contributed by atoms with Crippen LogP contribution in [0.2, 0.25) is 0 Å². The van der Waals surface area contributed by atoms with Crippen LogP contribution in [-0.2, 0) is 9.59 Å². The Balaban J connectivity index is 0.000000466. The molecule has 0 radical (unpaired) electrons. The number of ketones is 1. The molecule has 188 valence electrons. The minimum absolute atomic E-state index is 0.0121. The number of nitrogens with zero attached hydrogens (tertiary/aromatic N) is 2. The standard InChI is InChI=1S/C19H18F3N3O2.C4H6O4/c1-25-7-5-11(6-8-25)18(26)15-3-2-4-16(23-15)24-19(27)17-13(21)9-12(20)10-14(17)22;5-3(6)1-2-4(7)8/h2-4,9-11H,5-8H2,1H3,(H,23,24,27);1-2H2,(H,5,6)(H,7,8). The number of aromatic nitrogens is 1. The number of Topliss-reactive ketones (excluding diaryl/α,β-unsaturated/α-hetero) is 1. The molecule has 1 aliphatic rings. The Morgan fingerprint density at radius 1 is 1.00 bits per heavy atom. The minimum Gasteiger partial charge on any atom is -0.481 e. The second-order valence-corrected chi connectivity index (χ2v) is 7.84. The quantitative estimate of drug-likeness (QED) is 0.498. The summed E-state index contributed by atoms with van der Waals surface area (Å²) in [5.74, 6) is -7.30. The lowest BCUT2D eigenvalue weighted by atomic mass is 9.91. The van der Waals surface area contributed by atoms with Gasteiger partial charge in [-0.1, -0.05) is 6.07 Å². The number of likely N-dealkylation sites (tertiary alicyclic amines) is 1. The van der Waals surface area contributed by atoms with E-state index in [1.54, 1.807) is 0 Å². The van der Waals surface area contributed by atoms with Crippen LogP contribution in [0.3, 0.4) is 0 Å². The number of anilines is 1. The van der Waals surface area contributed by atoms with Gasteiger partial charge in [-0.2, -0.15) is 0 Å². The molecule has 1 aliphatic heterocycles. The summed E-state index contributed by atoms with van der Waals surface area (Å²) >= 11 is 0. The lowest BCUT2D eigenvalue weighted by molar-refractivity contribution is -0.143. The van der Waals surface area contributed by atoms with E-state index in [4.69, 9.17) is 10.2 Å². The summed E-state index contributed by atoms with van der Waals surface area (Å²) in [6.07, 6.45) is 0.851. The van der Waals surface area contributed by atoms with Crippen molar-refractivity contribution in [2.24, 2.45) is 5.92 Å². The van der Waals surface area contributed by atoms with Crippen LogP contribution in [0.4, 0.5) is 19.0 Å². The topological polar surface area (TPSA) is 137 Å². The van der Waals surface area contributed by atoms with E-state index in [1.165, 1.54) is 18.2 Å². The molecule has 1 aromatic carbocycles. The van der Waals surface area contributed by atoms with Crippen LogP contribution in [-0.4, -0.2) is 63.9 Å². The van der Waals surface area contributed by atoms with Crippen LogP contribution in [0.25, 0.3) is 0 Å². The van der Waals surface area contributed by atoms with Crippen LogP contribution in [0.15, 0.2) is 30.3 Å². The highest BCUT2D eigenvalue weighted by Crippen LogP contribution is 2.21. The van der Waals surface area contributed by atoms with E-state index in [9.17, 15) is 32.3 Å². The van der Waals surface area contributed by atoms with Crippen LogP contribution >= 0.6 is 0 Å². The molecular weight excluding hydrogens is 471 g/mol. The van der Waals surface area contributed by atoms with Crippen LogP contribution in [0.5, 0.6) is 0 Å². The molecule has 0 saturated carbocycles. The molecule has 0 atom stereocenters. The molecule has 0 aliphatic carbocycles. The lowest BCUT2D eigenvalue weighted by Crippen LogP contribution is -2.33. The minimum atomic E-state index is -1.32. The van der Waals surface area contributed by atoms with Gasteiger partial charge in [-0.3, -0.25) is 19.2 Å². The monoisotopic (exact) mass is 495 g/mol. The maximum absolute atomic E-state index is 13.7. The van der Waals surface area contributed by atoms with Gasteiger partial charge in [0.2, 0.25) is 0 Å². The average Bonchev–Trinajstić information content (AvgIpc) is 2.77. The molecule has 1 saturated heterocycles. The summed E-state index contributed by atoms with van der Waals surface area (Å²) in [5.41, 5.74) is -0.729. The second-order valence-electron chi connectivity index (χ2n) is 7.84. The van der Waals surface area contributed by atoms with Crippen LogP contribution < -0.4 is 5.32 Å². The number of hydrogen-bond acceptors (Lipinski definition) is 6. The Morgan fingerprint density at radius 2 is 1.54 bits per heavy atom. The lowest BCUT2D eigenvalue weighted by Gasteiger charge is -2.27. The number of amides is 1. The number of carboxylic acids is 2. The van der Waals surface area contributed by atoms with E-state index in [-0.39, 0.29) is 36.1 Å². The fraction of sp³-hybridized carbons (Fsp3) is 0.348. The molecule has 0 unspecified atom stereocenters. The number of benzene rings is 1. The zero-order chi connectivity index (χ0) is 26.1. The number of carbonyl (C=O) groups is 4. The SMILES string of the molecule is CN1CCC(C(=O)c2cccc(NC(=O)c3c(F)cc(F)cc3F)n2)CC1.O=C(O)CCC(=O)O. The number of carboxylic acid groups (broad SMARTS) is 2. The van der Waals surface area contributed by atoms with Gasteiger partial charge < -0.3 is 20.4 Å². The molecule has 1 fully saturated rings. The molecular formula is C23H24F3N3O6. The Kier molecular flexibility index (Phi) is 9.88. The average molecular weight is 495 g/mol. The van der Waals surface area contributed by atoms with Crippen molar-refractivity contribution in [1.29, 1.82) is 0 Å². The first-order chi connectivity index (χ1) is 16.5. The summed E-state index contributed by atoms with van der Waals surface area (Å²) < 4.78 is 40.4. The number of halogens is 3. The highest BCUT2D eigenvalue weighted by molar-refractivity contribution is 6.04. The smallest absolute Gasteiger partial charge is 0.303 e. The van der Waals surface area contributed by atoms with Gasteiger partial charge in [0.25, 0.3) is 5.91 Å². The van der Waals surface area contributed by atoms with E-state index < -0.39 is 40.9 Å². The van der Waals surface area contributed by atoms with Gasteiger partial charge in [0, 0.05) is 18.1 Å². The van der Waals surface area contributed by atoms with Gasteiger partial charge in [0.05, 0.1) is 12.8 Å². The summed E-state index contributed by atoms with van der Waals surface area (Å²) in [6.45, 7) is 1.63. The number of nitrogens with one attached hydrogen (secondary N) is 1. The van der Waals surface area contributed by atoms with E-state index in [2.05, 4.69) is 15.2 Å². The number of pyridine rings is 1. The molecule has 9 nitrogen and oxygen atoms in total. The Hall–Kier alpha value is -3.80. The van der Waals surface area contributed by atoms with E-state index in [0.717, 1.165) is 25.9 Å². The van der Waals surface area contributed by atoms with Gasteiger partial charge in [-0.05, 0) is 45.1 Å². The molecule has 3 N–H and O–H groups in total.